The Bertz CT molecular complexity index is 130. The number of hydrogen-bond acceptors (Lipinski definition) is 2. The molecule has 0 bridgehead atoms. The first kappa shape index (κ1) is 12.0. The Hall–Kier alpha value is 0.0200. The first-order chi connectivity index (χ1) is 5.21. The van der Waals surface area contributed by atoms with Crippen LogP contribution >= 0.6 is 11.9 Å². The van der Waals surface area contributed by atoms with Crippen LogP contribution in [-0.4, -0.2) is 11.0 Å². The maximum atomic E-state index is 4.32. The van der Waals surface area contributed by atoms with Gasteiger partial charge in [-0.15, -0.1) is 0 Å². The van der Waals surface area contributed by atoms with Crippen molar-refractivity contribution in [2.45, 2.75) is 52.7 Å². The molecule has 0 saturated heterocycles. The zero-order valence-electron chi connectivity index (χ0n) is 9.14. The van der Waals surface area contributed by atoms with Crippen molar-refractivity contribution in [3.8, 4) is 0 Å². The second kappa shape index (κ2) is 4.31. The predicted octanol–water partition coefficient (Wildman–Crippen LogP) is 3.94. The molecule has 0 radical (unpaired) electrons. The number of hydrogen-bond donors (Lipinski definition) is 0. The first-order valence-corrected chi connectivity index (χ1v) is 5.18. The maximum absolute atomic E-state index is 4.32. The lowest BCUT2D eigenvalue weighted by Crippen LogP contribution is -2.07. The highest BCUT2D eigenvalue weighted by Crippen LogP contribution is 2.24. The van der Waals surface area contributed by atoms with Crippen LogP contribution in [0.5, 0.6) is 0 Å². The molecule has 72 valence electrons. The van der Waals surface area contributed by atoms with E-state index in [1.165, 1.54) is 0 Å². The zero-order valence-corrected chi connectivity index (χ0v) is 9.96. The van der Waals surface area contributed by atoms with Crippen LogP contribution < -0.4 is 0 Å². The molecule has 1 nitrogen and oxygen atoms in total. The highest BCUT2D eigenvalue weighted by molar-refractivity contribution is 7.99. The molecule has 0 aromatic heterocycles. The van der Waals surface area contributed by atoms with Gasteiger partial charge in [0.15, 0.2) is 0 Å². The molecule has 0 aromatic rings. The second-order valence-corrected chi connectivity index (χ2v) is 6.87. The number of nitrogens with zero attached hydrogens (tertiary/aromatic N) is 1. The van der Waals surface area contributed by atoms with Gasteiger partial charge in [-0.2, -0.15) is 0 Å². The Balaban J connectivity index is 3.66. The summed E-state index contributed by atoms with van der Waals surface area (Å²) in [4.78, 5) is 0. The molecule has 0 amide bonds. The van der Waals surface area contributed by atoms with Crippen LogP contribution in [0.15, 0.2) is 4.40 Å². The molecule has 0 aliphatic rings. The van der Waals surface area contributed by atoms with Crippen LogP contribution in [0.25, 0.3) is 0 Å². The van der Waals surface area contributed by atoms with Crippen molar-refractivity contribution in [1.29, 1.82) is 0 Å². The van der Waals surface area contributed by atoms with E-state index >= 15 is 0 Å². The third-order valence-electron chi connectivity index (χ3n) is 1.10. The summed E-state index contributed by atoms with van der Waals surface area (Å²) >= 11 is 1.64. The van der Waals surface area contributed by atoms with Crippen LogP contribution in [0.3, 0.4) is 0 Å². The fourth-order valence-corrected chi connectivity index (χ4v) is 0.972. The topological polar surface area (TPSA) is 12.4 Å². The molecule has 0 heterocycles. The molecule has 0 spiro atoms. The Kier molecular flexibility index (Phi) is 4.32. The fraction of sp³-hybridized carbons (Fsp3) is 0.900. The molecule has 0 rings (SSSR count). The van der Waals surface area contributed by atoms with Crippen molar-refractivity contribution in [2.24, 2.45) is 9.81 Å². The molecule has 0 fully saturated rings. The third-order valence-corrected chi connectivity index (χ3v) is 1.91. The van der Waals surface area contributed by atoms with Crippen molar-refractivity contribution in [1.82, 2.24) is 0 Å². The largest absolute Gasteiger partial charge is 0.228 e. The van der Waals surface area contributed by atoms with Crippen molar-refractivity contribution >= 4 is 18.2 Å². The van der Waals surface area contributed by atoms with Crippen LogP contribution in [0.4, 0.5) is 0 Å². The molecule has 12 heavy (non-hydrogen) atoms. The minimum Gasteiger partial charge on any atom is -0.228 e. The summed E-state index contributed by atoms with van der Waals surface area (Å²) in [5, 5.41) is 0. The van der Waals surface area contributed by atoms with E-state index in [2.05, 4.69) is 45.9 Å². The van der Waals surface area contributed by atoms with E-state index in [0.717, 1.165) is 6.42 Å². The van der Waals surface area contributed by atoms with Gasteiger partial charge in [-0.05, 0) is 44.6 Å². The quantitative estimate of drug-likeness (QED) is 0.471. The highest BCUT2D eigenvalue weighted by atomic mass is 32.2. The Morgan fingerprint density at radius 3 is 1.92 bits per heavy atom. The van der Waals surface area contributed by atoms with E-state index in [-0.39, 0.29) is 4.75 Å². The fourth-order valence-electron chi connectivity index (χ4n) is 0.507. The van der Waals surface area contributed by atoms with Gasteiger partial charge in [0.2, 0.25) is 0 Å². The van der Waals surface area contributed by atoms with Gasteiger partial charge in [0.1, 0.15) is 0 Å². The van der Waals surface area contributed by atoms with Crippen molar-refractivity contribution in [2.75, 3.05) is 0 Å². The van der Waals surface area contributed by atoms with Crippen molar-refractivity contribution in [3.05, 3.63) is 0 Å². The second-order valence-electron chi connectivity index (χ2n) is 5.26. The van der Waals surface area contributed by atoms with E-state index in [1.807, 2.05) is 6.21 Å². The van der Waals surface area contributed by atoms with Crippen LogP contribution in [-0.2, 0) is 0 Å². The standard InChI is InChI=1S/C10H21NS/c1-9(2,3)7-8-11-12-10(4,5)6/h8H,7H2,1-6H3/b11-8+. The summed E-state index contributed by atoms with van der Waals surface area (Å²) in [5.41, 5.74) is 0.363. The number of rotatable bonds is 2. The minimum atomic E-state index is 0.244. The lowest BCUT2D eigenvalue weighted by atomic mass is 9.93. The summed E-state index contributed by atoms with van der Waals surface area (Å²) < 4.78 is 4.56. The van der Waals surface area contributed by atoms with Crippen molar-refractivity contribution in [3.63, 3.8) is 0 Å². The molecule has 0 atom stereocenters. The SMILES string of the molecule is CC(C)(C)C/C=N/SC(C)(C)C. The Morgan fingerprint density at radius 1 is 1.08 bits per heavy atom. The van der Waals surface area contributed by atoms with Gasteiger partial charge in [0, 0.05) is 11.0 Å². The lowest BCUT2D eigenvalue weighted by Gasteiger charge is -2.15. The van der Waals surface area contributed by atoms with Gasteiger partial charge in [0.05, 0.1) is 0 Å². The Labute approximate surface area is 81.2 Å². The van der Waals surface area contributed by atoms with E-state index in [1.54, 1.807) is 11.9 Å². The van der Waals surface area contributed by atoms with Gasteiger partial charge >= 0.3 is 0 Å². The van der Waals surface area contributed by atoms with Crippen molar-refractivity contribution < 1.29 is 0 Å². The van der Waals surface area contributed by atoms with Gasteiger partial charge in [-0.1, -0.05) is 20.8 Å². The minimum absolute atomic E-state index is 0.244. The highest BCUT2D eigenvalue weighted by Gasteiger charge is 2.10. The molecular formula is C10H21NS. The maximum Gasteiger partial charge on any atom is 0.0294 e. The molecule has 0 aromatic carbocycles. The van der Waals surface area contributed by atoms with Crippen LogP contribution in [0.1, 0.15) is 48.0 Å². The summed E-state index contributed by atoms with van der Waals surface area (Å²) in [7, 11) is 0. The van der Waals surface area contributed by atoms with Gasteiger partial charge in [0.25, 0.3) is 0 Å². The molecule has 0 unspecified atom stereocenters. The molecule has 0 aliphatic heterocycles. The predicted molar refractivity (Wildman–Crippen MR) is 59.9 cm³/mol. The van der Waals surface area contributed by atoms with Gasteiger partial charge in [-0.25, -0.2) is 4.40 Å². The summed E-state index contributed by atoms with van der Waals surface area (Å²) in [5.74, 6) is 0. The third kappa shape index (κ3) is 10.0. The van der Waals surface area contributed by atoms with Gasteiger partial charge < -0.3 is 0 Å². The first-order valence-electron chi connectivity index (χ1n) is 4.41. The van der Waals surface area contributed by atoms with Crippen LogP contribution in [0, 0.1) is 5.41 Å². The summed E-state index contributed by atoms with van der Waals surface area (Å²) in [6.45, 7) is 13.2. The molecule has 0 saturated carbocycles. The van der Waals surface area contributed by atoms with Crippen LogP contribution in [0.2, 0.25) is 0 Å². The smallest absolute Gasteiger partial charge is 0.0294 e. The molecule has 0 N–H and O–H groups in total. The van der Waals surface area contributed by atoms with E-state index < -0.39 is 0 Å². The van der Waals surface area contributed by atoms with Gasteiger partial charge in [-0.3, -0.25) is 0 Å². The Morgan fingerprint density at radius 2 is 1.58 bits per heavy atom. The normalized spacial score (nSPS) is 14.2. The van der Waals surface area contributed by atoms with E-state index in [4.69, 9.17) is 0 Å². The average molecular weight is 187 g/mol. The summed E-state index contributed by atoms with van der Waals surface area (Å²) in [6.07, 6.45) is 3.08. The monoisotopic (exact) mass is 187 g/mol. The average Bonchev–Trinajstić information content (AvgIpc) is 1.76. The molecule has 2 heteroatoms. The van der Waals surface area contributed by atoms with E-state index in [0.29, 0.717) is 5.41 Å². The lowest BCUT2D eigenvalue weighted by molar-refractivity contribution is 0.438. The molecular weight excluding hydrogens is 166 g/mol. The molecule has 0 aliphatic carbocycles. The zero-order chi connectivity index (χ0) is 9.83. The van der Waals surface area contributed by atoms with E-state index in [9.17, 15) is 0 Å². The summed E-state index contributed by atoms with van der Waals surface area (Å²) in [6, 6.07) is 0.